The molecule has 1 aliphatic carbocycles. The van der Waals surface area contributed by atoms with Crippen LogP contribution >= 0.6 is 11.6 Å². The Bertz CT molecular complexity index is 433. The van der Waals surface area contributed by atoms with E-state index in [9.17, 15) is 4.79 Å². The van der Waals surface area contributed by atoms with E-state index in [-0.39, 0.29) is 17.7 Å². The first-order valence-electron chi connectivity index (χ1n) is 5.56. The summed E-state index contributed by atoms with van der Waals surface area (Å²) in [4.78, 5) is 21.4. The maximum atomic E-state index is 11.6. The molecule has 0 bridgehead atoms. The average Bonchev–Trinajstić information content (AvgIpc) is 3.05. The second-order valence-electron chi connectivity index (χ2n) is 4.34. The van der Waals surface area contributed by atoms with Gasteiger partial charge in [-0.05, 0) is 31.4 Å². The Balaban J connectivity index is 1.99. The van der Waals surface area contributed by atoms with Gasteiger partial charge in [-0.15, -0.1) is 0 Å². The summed E-state index contributed by atoms with van der Waals surface area (Å²) in [6, 6.07) is 0.381. The Hall–Kier alpha value is -1.36. The van der Waals surface area contributed by atoms with E-state index < -0.39 is 0 Å². The first kappa shape index (κ1) is 12.1. The zero-order chi connectivity index (χ0) is 12.4. The Morgan fingerprint density at radius 2 is 2.35 bits per heavy atom. The molecule has 1 fully saturated rings. The molecule has 0 radical (unpaired) electrons. The van der Waals surface area contributed by atoms with E-state index in [2.05, 4.69) is 15.3 Å². The second-order valence-corrected chi connectivity index (χ2v) is 4.68. The predicted octanol–water partition coefficient (Wildman–Crippen LogP) is 1.15. The van der Waals surface area contributed by atoms with Crippen LogP contribution in [0.1, 0.15) is 18.4 Å². The molecule has 1 aromatic rings. The van der Waals surface area contributed by atoms with E-state index >= 15 is 0 Å². The summed E-state index contributed by atoms with van der Waals surface area (Å²) in [5.41, 5.74) is 0.899. The topological polar surface area (TPSA) is 58.1 Å². The number of nitrogens with zero attached hydrogens (tertiary/aromatic N) is 3. The van der Waals surface area contributed by atoms with Crippen LogP contribution in [0.5, 0.6) is 0 Å². The minimum Gasteiger partial charge on any atom is -0.352 e. The third-order valence-electron chi connectivity index (χ3n) is 2.60. The van der Waals surface area contributed by atoms with E-state index in [0.717, 1.165) is 18.4 Å². The Labute approximate surface area is 105 Å². The zero-order valence-corrected chi connectivity index (χ0v) is 10.7. The van der Waals surface area contributed by atoms with Crippen LogP contribution in [0.3, 0.4) is 0 Å². The number of carbonyl (C=O) groups excluding carboxylic acids is 1. The summed E-state index contributed by atoms with van der Waals surface area (Å²) in [5, 5.41) is 3.13. The van der Waals surface area contributed by atoms with Crippen LogP contribution in [0, 0.1) is 6.92 Å². The van der Waals surface area contributed by atoms with Crippen LogP contribution in [0.25, 0.3) is 0 Å². The van der Waals surface area contributed by atoms with Crippen LogP contribution in [0.15, 0.2) is 6.20 Å². The fourth-order valence-electron chi connectivity index (χ4n) is 1.59. The molecule has 1 aromatic heterocycles. The lowest BCUT2D eigenvalue weighted by atomic mass is 10.3. The second kappa shape index (κ2) is 4.87. The lowest BCUT2D eigenvalue weighted by Crippen LogP contribution is -2.36. The van der Waals surface area contributed by atoms with Gasteiger partial charge < -0.3 is 10.2 Å². The smallest absolute Gasteiger partial charge is 0.239 e. The number of aromatic nitrogens is 2. The molecular formula is C11H15ClN4O. The number of nitrogens with one attached hydrogen (secondary N) is 1. The summed E-state index contributed by atoms with van der Waals surface area (Å²) >= 11 is 5.74. The van der Waals surface area contributed by atoms with Crippen LogP contribution in [-0.4, -0.2) is 35.5 Å². The van der Waals surface area contributed by atoms with Gasteiger partial charge in [-0.1, -0.05) is 0 Å². The Kier molecular flexibility index (Phi) is 3.47. The summed E-state index contributed by atoms with van der Waals surface area (Å²) < 4.78 is 0. The monoisotopic (exact) mass is 254 g/mol. The molecule has 0 spiro atoms. The average molecular weight is 255 g/mol. The van der Waals surface area contributed by atoms with E-state index in [0.29, 0.717) is 11.9 Å². The fraction of sp³-hybridized carbons (Fsp3) is 0.545. The highest BCUT2D eigenvalue weighted by molar-refractivity contribution is 6.28. The molecule has 1 amide bonds. The Morgan fingerprint density at radius 1 is 1.65 bits per heavy atom. The first-order valence-corrected chi connectivity index (χ1v) is 5.93. The highest BCUT2D eigenvalue weighted by atomic mass is 35.5. The van der Waals surface area contributed by atoms with Gasteiger partial charge in [0.15, 0.2) is 0 Å². The van der Waals surface area contributed by atoms with E-state index in [4.69, 9.17) is 11.6 Å². The van der Waals surface area contributed by atoms with Gasteiger partial charge in [0.1, 0.15) is 5.82 Å². The lowest BCUT2D eigenvalue weighted by Gasteiger charge is -2.19. The van der Waals surface area contributed by atoms with Crippen LogP contribution in [-0.2, 0) is 4.79 Å². The lowest BCUT2D eigenvalue weighted by molar-refractivity contribution is -0.119. The molecular weight excluding hydrogens is 240 g/mol. The molecule has 92 valence electrons. The SMILES string of the molecule is Cc1cnc(Cl)nc1N(C)CC(=O)NC1CC1. The number of hydrogen-bond donors (Lipinski definition) is 1. The molecule has 2 rings (SSSR count). The summed E-state index contributed by atoms with van der Waals surface area (Å²) in [5.74, 6) is 0.708. The van der Waals surface area contributed by atoms with Crippen molar-refractivity contribution in [3.05, 3.63) is 17.0 Å². The number of hydrogen-bond acceptors (Lipinski definition) is 4. The number of anilines is 1. The van der Waals surface area contributed by atoms with E-state index in [1.165, 1.54) is 0 Å². The van der Waals surface area contributed by atoms with Crippen LogP contribution in [0.4, 0.5) is 5.82 Å². The third-order valence-corrected chi connectivity index (χ3v) is 2.78. The molecule has 1 saturated carbocycles. The number of likely N-dealkylation sites (N-methyl/N-ethyl adjacent to an activating group) is 1. The minimum atomic E-state index is 0.0177. The van der Waals surface area contributed by atoms with Crippen molar-refractivity contribution in [2.24, 2.45) is 0 Å². The third kappa shape index (κ3) is 3.30. The molecule has 5 nitrogen and oxygen atoms in total. The molecule has 0 unspecified atom stereocenters. The van der Waals surface area contributed by atoms with Crippen molar-refractivity contribution in [2.45, 2.75) is 25.8 Å². The molecule has 0 saturated heterocycles. The molecule has 0 aliphatic heterocycles. The predicted molar refractivity (Wildman–Crippen MR) is 66.2 cm³/mol. The van der Waals surface area contributed by atoms with Crippen molar-refractivity contribution < 1.29 is 4.79 Å². The molecule has 1 N–H and O–H groups in total. The van der Waals surface area contributed by atoms with Gasteiger partial charge in [-0.3, -0.25) is 4.79 Å². The highest BCUT2D eigenvalue weighted by Gasteiger charge is 2.23. The van der Waals surface area contributed by atoms with Gasteiger partial charge in [0.25, 0.3) is 0 Å². The molecule has 1 aliphatic rings. The van der Waals surface area contributed by atoms with Crippen LogP contribution < -0.4 is 10.2 Å². The maximum Gasteiger partial charge on any atom is 0.239 e. The molecule has 0 aromatic carbocycles. The summed E-state index contributed by atoms with van der Waals surface area (Å²) in [7, 11) is 1.82. The molecule has 1 heterocycles. The largest absolute Gasteiger partial charge is 0.352 e. The fourth-order valence-corrected chi connectivity index (χ4v) is 1.72. The summed E-state index contributed by atoms with van der Waals surface area (Å²) in [6.07, 6.45) is 3.83. The number of carbonyl (C=O) groups is 1. The van der Waals surface area contributed by atoms with Gasteiger partial charge in [0.05, 0.1) is 6.54 Å². The van der Waals surface area contributed by atoms with Crippen molar-refractivity contribution in [3.63, 3.8) is 0 Å². The van der Waals surface area contributed by atoms with Gasteiger partial charge in [-0.25, -0.2) is 9.97 Å². The van der Waals surface area contributed by atoms with E-state index in [1.807, 2.05) is 14.0 Å². The number of halogens is 1. The standard InChI is InChI=1S/C11H15ClN4O/c1-7-5-13-11(12)15-10(7)16(2)6-9(17)14-8-3-4-8/h5,8H,3-4,6H2,1-2H3,(H,14,17). The normalized spacial score (nSPS) is 14.5. The quantitative estimate of drug-likeness (QED) is 0.819. The maximum absolute atomic E-state index is 11.6. The number of aryl methyl sites for hydroxylation is 1. The van der Waals surface area contributed by atoms with Gasteiger partial charge in [0, 0.05) is 24.8 Å². The van der Waals surface area contributed by atoms with Gasteiger partial charge in [-0.2, -0.15) is 0 Å². The van der Waals surface area contributed by atoms with Crippen molar-refractivity contribution in [1.29, 1.82) is 0 Å². The van der Waals surface area contributed by atoms with E-state index in [1.54, 1.807) is 11.1 Å². The van der Waals surface area contributed by atoms with Gasteiger partial charge in [0.2, 0.25) is 11.2 Å². The Morgan fingerprint density at radius 3 is 3.00 bits per heavy atom. The van der Waals surface area contributed by atoms with Crippen molar-refractivity contribution in [3.8, 4) is 0 Å². The van der Waals surface area contributed by atoms with Crippen LogP contribution in [0.2, 0.25) is 5.28 Å². The molecule has 17 heavy (non-hydrogen) atoms. The van der Waals surface area contributed by atoms with Gasteiger partial charge >= 0.3 is 0 Å². The number of amides is 1. The summed E-state index contributed by atoms with van der Waals surface area (Å²) in [6.45, 7) is 2.17. The molecule has 6 heteroatoms. The van der Waals surface area contributed by atoms with Crippen molar-refractivity contribution in [2.75, 3.05) is 18.5 Å². The molecule has 0 atom stereocenters. The zero-order valence-electron chi connectivity index (χ0n) is 9.90. The number of rotatable bonds is 4. The minimum absolute atomic E-state index is 0.0177. The van der Waals surface area contributed by atoms with Crippen molar-refractivity contribution >= 4 is 23.3 Å². The highest BCUT2D eigenvalue weighted by Crippen LogP contribution is 2.19. The first-order chi connectivity index (χ1) is 8.06. The van der Waals surface area contributed by atoms with Crippen molar-refractivity contribution in [1.82, 2.24) is 15.3 Å².